The maximum absolute atomic E-state index is 14.0. The highest BCUT2D eigenvalue weighted by atomic mass is 19.1. The fourth-order valence-corrected chi connectivity index (χ4v) is 2.86. The van der Waals surface area contributed by atoms with Gasteiger partial charge in [0.25, 0.3) is 0 Å². The lowest BCUT2D eigenvalue weighted by Crippen LogP contribution is -2.08. The Labute approximate surface area is 154 Å². The molecule has 27 heavy (non-hydrogen) atoms. The average Bonchev–Trinajstić information content (AvgIpc) is 2.68. The molecule has 0 radical (unpaired) electrons. The molecule has 2 aromatic carbocycles. The van der Waals surface area contributed by atoms with Crippen molar-refractivity contribution >= 4 is 16.9 Å². The fraction of sp³-hybridized carbons (Fsp3) is 0.0952. The lowest BCUT2D eigenvalue weighted by molar-refractivity contribution is 0.585. The molecule has 0 aliphatic heterocycles. The van der Waals surface area contributed by atoms with Gasteiger partial charge in [-0.25, -0.2) is 18.7 Å². The van der Waals surface area contributed by atoms with Crippen LogP contribution in [-0.4, -0.2) is 21.5 Å². The van der Waals surface area contributed by atoms with E-state index in [1.165, 1.54) is 12.1 Å². The van der Waals surface area contributed by atoms with Gasteiger partial charge in [-0.3, -0.25) is 4.98 Å². The van der Waals surface area contributed by atoms with Gasteiger partial charge < -0.3 is 5.32 Å². The molecule has 0 saturated carbocycles. The minimum Gasteiger partial charge on any atom is -0.354 e. The van der Waals surface area contributed by atoms with Gasteiger partial charge in [0, 0.05) is 48.1 Å². The molecule has 0 aliphatic carbocycles. The molecule has 0 amide bonds. The molecule has 4 aromatic rings. The largest absolute Gasteiger partial charge is 0.354 e. The average molecular weight is 362 g/mol. The van der Waals surface area contributed by atoms with E-state index in [0.717, 1.165) is 29.1 Å². The first-order valence-electron chi connectivity index (χ1n) is 8.55. The summed E-state index contributed by atoms with van der Waals surface area (Å²) < 4.78 is 27.1. The van der Waals surface area contributed by atoms with Crippen molar-refractivity contribution in [3.05, 3.63) is 84.3 Å². The number of anilines is 1. The third kappa shape index (κ3) is 3.89. The summed E-state index contributed by atoms with van der Waals surface area (Å²) in [5.74, 6) is -0.663. The Morgan fingerprint density at radius 2 is 1.85 bits per heavy atom. The molecule has 0 saturated heterocycles. The zero-order chi connectivity index (χ0) is 18.6. The van der Waals surface area contributed by atoms with E-state index >= 15 is 0 Å². The number of aromatic nitrogens is 3. The van der Waals surface area contributed by atoms with E-state index in [2.05, 4.69) is 20.3 Å². The molecule has 134 valence electrons. The van der Waals surface area contributed by atoms with Crippen molar-refractivity contribution < 1.29 is 8.78 Å². The van der Waals surface area contributed by atoms with Gasteiger partial charge in [0.15, 0.2) is 0 Å². The molecule has 2 heterocycles. The SMILES string of the molecule is Fc1ccc(-c2ccc3nc(NCCc4ccccn4)ncc3c2)c(F)c1. The zero-order valence-electron chi connectivity index (χ0n) is 14.4. The molecule has 0 fully saturated rings. The molecule has 0 bridgehead atoms. The number of nitrogens with zero attached hydrogens (tertiary/aromatic N) is 3. The Bertz CT molecular complexity index is 1080. The van der Waals surface area contributed by atoms with Gasteiger partial charge in [-0.1, -0.05) is 12.1 Å². The Balaban J connectivity index is 1.51. The maximum atomic E-state index is 14.0. The summed E-state index contributed by atoms with van der Waals surface area (Å²) in [4.78, 5) is 13.1. The third-order valence-corrected chi connectivity index (χ3v) is 4.21. The number of nitrogens with one attached hydrogen (secondary N) is 1. The molecule has 0 aliphatic rings. The Morgan fingerprint density at radius 1 is 0.926 bits per heavy atom. The lowest BCUT2D eigenvalue weighted by Gasteiger charge is -2.08. The van der Waals surface area contributed by atoms with Crippen molar-refractivity contribution in [2.75, 3.05) is 11.9 Å². The minimum absolute atomic E-state index is 0.343. The van der Waals surface area contributed by atoms with E-state index in [1.807, 2.05) is 18.2 Å². The van der Waals surface area contributed by atoms with Crippen LogP contribution in [0, 0.1) is 11.6 Å². The first kappa shape index (κ1) is 17.0. The number of fused-ring (bicyclic) bond motifs is 1. The van der Waals surface area contributed by atoms with Gasteiger partial charge in [0.1, 0.15) is 11.6 Å². The van der Waals surface area contributed by atoms with Crippen LogP contribution in [0.2, 0.25) is 0 Å². The summed E-state index contributed by atoms with van der Waals surface area (Å²) in [6, 6.07) is 14.7. The van der Waals surface area contributed by atoms with Crippen LogP contribution in [0.25, 0.3) is 22.0 Å². The molecule has 2 aromatic heterocycles. The minimum atomic E-state index is -0.596. The van der Waals surface area contributed by atoms with Crippen LogP contribution in [0.5, 0.6) is 0 Å². The Hall–Kier alpha value is -3.41. The molecule has 0 atom stereocenters. The maximum Gasteiger partial charge on any atom is 0.223 e. The molecule has 6 heteroatoms. The molecular weight excluding hydrogens is 346 g/mol. The van der Waals surface area contributed by atoms with Crippen molar-refractivity contribution in [2.24, 2.45) is 0 Å². The van der Waals surface area contributed by atoms with Crippen LogP contribution in [0.4, 0.5) is 14.7 Å². The second kappa shape index (κ2) is 7.45. The van der Waals surface area contributed by atoms with E-state index < -0.39 is 11.6 Å². The first-order chi connectivity index (χ1) is 13.2. The highest BCUT2D eigenvalue weighted by molar-refractivity contribution is 5.84. The molecule has 0 spiro atoms. The van der Waals surface area contributed by atoms with Gasteiger partial charge in [0.05, 0.1) is 5.52 Å². The number of halogens is 2. The van der Waals surface area contributed by atoms with Crippen molar-refractivity contribution in [3.63, 3.8) is 0 Å². The number of rotatable bonds is 5. The van der Waals surface area contributed by atoms with Crippen LogP contribution in [-0.2, 0) is 6.42 Å². The molecular formula is C21H16F2N4. The van der Waals surface area contributed by atoms with Crippen molar-refractivity contribution in [2.45, 2.75) is 6.42 Å². The van der Waals surface area contributed by atoms with Crippen molar-refractivity contribution in [1.82, 2.24) is 15.0 Å². The lowest BCUT2D eigenvalue weighted by atomic mass is 10.0. The molecule has 4 nitrogen and oxygen atoms in total. The van der Waals surface area contributed by atoms with Crippen LogP contribution in [0.3, 0.4) is 0 Å². The number of hydrogen-bond donors (Lipinski definition) is 1. The van der Waals surface area contributed by atoms with E-state index in [0.29, 0.717) is 23.6 Å². The topological polar surface area (TPSA) is 50.7 Å². The smallest absolute Gasteiger partial charge is 0.223 e. The van der Waals surface area contributed by atoms with Crippen LogP contribution in [0.15, 0.2) is 67.0 Å². The molecule has 1 N–H and O–H groups in total. The van der Waals surface area contributed by atoms with E-state index in [1.54, 1.807) is 30.6 Å². The summed E-state index contributed by atoms with van der Waals surface area (Å²) in [7, 11) is 0. The first-order valence-corrected chi connectivity index (χ1v) is 8.55. The van der Waals surface area contributed by atoms with E-state index in [-0.39, 0.29) is 0 Å². The highest BCUT2D eigenvalue weighted by Crippen LogP contribution is 2.26. The van der Waals surface area contributed by atoms with Crippen LogP contribution >= 0.6 is 0 Å². The zero-order valence-corrected chi connectivity index (χ0v) is 14.4. The summed E-state index contributed by atoms with van der Waals surface area (Å²) in [6.07, 6.45) is 4.23. The van der Waals surface area contributed by atoms with Gasteiger partial charge in [-0.15, -0.1) is 0 Å². The van der Waals surface area contributed by atoms with Crippen LogP contribution in [0.1, 0.15) is 5.69 Å². The van der Waals surface area contributed by atoms with E-state index in [4.69, 9.17) is 0 Å². The quantitative estimate of drug-likeness (QED) is 0.563. The van der Waals surface area contributed by atoms with Crippen molar-refractivity contribution in [1.29, 1.82) is 0 Å². The fourth-order valence-electron chi connectivity index (χ4n) is 2.86. The summed E-state index contributed by atoms with van der Waals surface area (Å²) in [5, 5.41) is 3.97. The van der Waals surface area contributed by atoms with Gasteiger partial charge >= 0.3 is 0 Å². The highest BCUT2D eigenvalue weighted by Gasteiger charge is 2.08. The molecule has 4 rings (SSSR count). The Kier molecular flexibility index (Phi) is 4.70. The number of pyridine rings is 1. The van der Waals surface area contributed by atoms with Crippen LogP contribution < -0.4 is 5.32 Å². The van der Waals surface area contributed by atoms with Crippen molar-refractivity contribution in [3.8, 4) is 11.1 Å². The monoisotopic (exact) mass is 362 g/mol. The predicted molar refractivity (Wildman–Crippen MR) is 101 cm³/mol. The normalized spacial score (nSPS) is 10.9. The van der Waals surface area contributed by atoms with Gasteiger partial charge in [-0.05, 0) is 42.0 Å². The number of hydrogen-bond acceptors (Lipinski definition) is 4. The third-order valence-electron chi connectivity index (χ3n) is 4.21. The predicted octanol–water partition coefficient (Wildman–Crippen LogP) is 4.62. The van der Waals surface area contributed by atoms with E-state index in [9.17, 15) is 8.78 Å². The second-order valence-electron chi connectivity index (χ2n) is 6.09. The summed E-state index contributed by atoms with van der Waals surface area (Å²) in [6.45, 7) is 0.668. The summed E-state index contributed by atoms with van der Waals surface area (Å²) in [5.41, 5.74) is 2.74. The standard InChI is InChI=1S/C21H16F2N4/c22-16-5-6-18(19(23)12-16)14-4-7-20-15(11-14)13-26-21(27-20)25-10-8-17-3-1-2-9-24-17/h1-7,9,11-13H,8,10H2,(H,25,26,27). The summed E-state index contributed by atoms with van der Waals surface area (Å²) >= 11 is 0. The molecule has 0 unspecified atom stereocenters. The van der Waals surface area contributed by atoms with Gasteiger partial charge in [-0.2, -0.15) is 0 Å². The second-order valence-corrected chi connectivity index (χ2v) is 6.09. The van der Waals surface area contributed by atoms with Gasteiger partial charge in [0.2, 0.25) is 5.95 Å². The number of benzene rings is 2. The Morgan fingerprint density at radius 3 is 2.67 bits per heavy atom.